The Kier molecular flexibility index (Phi) is 7.90. The number of nitriles is 1. The topological polar surface area (TPSA) is 114 Å². The first kappa shape index (κ1) is 21.8. The standard InChI is InChI=1S/C18H18BrN3O5S/c1-4-25-13-6-10(12(19)7-14(13)27-9-15(23)26-5-2)16-11(8-20)17(24)22-18(21-16)28-3/h6-7H,4-5,9H2,1-3H3,(H,21,22,24). The van der Waals surface area contributed by atoms with E-state index < -0.39 is 11.5 Å². The van der Waals surface area contributed by atoms with Gasteiger partial charge in [0.15, 0.2) is 23.3 Å². The van der Waals surface area contributed by atoms with E-state index in [0.717, 1.165) is 0 Å². The minimum absolute atomic E-state index is 0.110. The van der Waals surface area contributed by atoms with Gasteiger partial charge in [0.25, 0.3) is 5.56 Å². The van der Waals surface area contributed by atoms with Gasteiger partial charge in [-0.15, -0.1) is 0 Å². The van der Waals surface area contributed by atoms with Gasteiger partial charge in [-0.05, 0) is 48.2 Å². The Labute approximate surface area is 174 Å². The zero-order valence-electron chi connectivity index (χ0n) is 15.5. The number of aromatic nitrogens is 2. The summed E-state index contributed by atoms with van der Waals surface area (Å²) in [6.07, 6.45) is 1.76. The molecule has 0 fully saturated rings. The van der Waals surface area contributed by atoms with E-state index in [1.54, 1.807) is 32.2 Å². The summed E-state index contributed by atoms with van der Waals surface area (Å²) in [5, 5.41) is 9.78. The van der Waals surface area contributed by atoms with Crippen LogP contribution >= 0.6 is 27.7 Å². The zero-order chi connectivity index (χ0) is 20.7. The lowest BCUT2D eigenvalue weighted by Crippen LogP contribution is -2.16. The highest BCUT2D eigenvalue weighted by atomic mass is 79.9. The maximum Gasteiger partial charge on any atom is 0.344 e. The highest BCUT2D eigenvalue weighted by Crippen LogP contribution is 2.39. The fraction of sp³-hybridized carbons (Fsp3) is 0.333. The molecule has 0 saturated heterocycles. The van der Waals surface area contributed by atoms with Gasteiger partial charge in [0.1, 0.15) is 11.6 Å². The van der Waals surface area contributed by atoms with Crippen molar-refractivity contribution >= 4 is 33.7 Å². The predicted molar refractivity (Wildman–Crippen MR) is 108 cm³/mol. The smallest absolute Gasteiger partial charge is 0.344 e. The molecule has 10 heteroatoms. The quantitative estimate of drug-likeness (QED) is 0.357. The first-order chi connectivity index (χ1) is 13.4. The van der Waals surface area contributed by atoms with Crippen LogP contribution in [0.15, 0.2) is 26.6 Å². The van der Waals surface area contributed by atoms with Crippen LogP contribution in [0.2, 0.25) is 0 Å². The number of benzene rings is 1. The molecule has 0 amide bonds. The second-order valence-corrected chi connectivity index (χ2v) is 6.87. The van der Waals surface area contributed by atoms with Gasteiger partial charge < -0.3 is 19.2 Å². The molecule has 0 bridgehead atoms. The normalized spacial score (nSPS) is 10.2. The highest BCUT2D eigenvalue weighted by Gasteiger charge is 2.19. The van der Waals surface area contributed by atoms with Crippen LogP contribution in [0.4, 0.5) is 0 Å². The summed E-state index contributed by atoms with van der Waals surface area (Å²) in [7, 11) is 0. The molecule has 2 rings (SSSR count). The lowest BCUT2D eigenvalue weighted by molar-refractivity contribution is -0.145. The maximum atomic E-state index is 12.2. The number of aromatic amines is 1. The largest absolute Gasteiger partial charge is 0.490 e. The van der Waals surface area contributed by atoms with Crippen LogP contribution in [0.3, 0.4) is 0 Å². The third-order valence-corrected chi connectivity index (χ3v) is 4.68. The van der Waals surface area contributed by atoms with Crippen molar-refractivity contribution < 1.29 is 19.0 Å². The molecular weight excluding hydrogens is 450 g/mol. The first-order valence-electron chi connectivity index (χ1n) is 8.28. The van der Waals surface area contributed by atoms with Gasteiger partial charge in [-0.2, -0.15) is 5.26 Å². The van der Waals surface area contributed by atoms with Gasteiger partial charge in [-0.25, -0.2) is 9.78 Å². The number of carbonyl (C=O) groups is 1. The summed E-state index contributed by atoms with van der Waals surface area (Å²) < 4.78 is 16.5. The fourth-order valence-electron chi connectivity index (χ4n) is 2.28. The molecule has 1 aromatic heterocycles. The predicted octanol–water partition coefficient (Wildman–Crippen LogP) is 3.13. The molecular formula is C18H18BrN3O5S. The molecule has 0 spiro atoms. The van der Waals surface area contributed by atoms with Crippen molar-refractivity contribution in [3.05, 3.63) is 32.5 Å². The molecule has 0 radical (unpaired) electrons. The van der Waals surface area contributed by atoms with E-state index in [1.807, 2.05) is 6.07 Å². The fourth-order valence-corrected chi connectivity index (χ4v) is 3.17. The van der Waals surface area contributed by atoms with E-state index in [0.29, 0.717) is 33.3 Å². The Morgan fingerprint density at radius 2 is 2.00 bits per heavy atom. The minimum atomic E-state index is -0.524. The Morgan fingerprint density at radius 1 is 1.29 bits per heavy atom. The third-order valence-electron chi connectivity index (χ3n) is 3.44. The number of halogens is 1. The number of H-pyrrole nitrogens is 1. The number of rotatable bonds is 8. The van der Waals surface area contributed by atoms with Gasteiger partial charge >= 0.3 is 5.97 Å². The summed E-state index contributed by atoms with van der Waals surface area (Å²) >= 11 is 4.67. The monoisotopic (exact) mass is 467 g/mol. The molecule has 0 atom stereocenters. The van der Waals surface area contributed by atoms with Crippen LogP contribution in [-0.4, -0.2) is 42.0 Å². The lowest BCUT2D eigenvalue weighted by atomic mass is 10.1. The van der Waals surface area contributed by atoms with E-state index in [2.05, 4.69) is 25.9 Å². The van der Waals surface area contributed by atoms with Crippen LogP contribution in [0.5, 0.6) is 11.5 Å². The number of nitrogens with one attached hydrogen (secondary N) is 1. The average molecular weight is 468 g/mol. The molecule has 0 unspecified atom stereocenters. The van der Waals surface area contributed by atoms with Crippen molar-refractivity contribution in [3.63, 3.8) is 0 Å². The van der Waals surface area contributed by atoms with E-state index in [1.165, 1.54) is 11.8 Å². The molecule has 148 valence electrons. The van der Waals surface area contributed by atoms with Crippen LogP contribution in [0, 0.1) is 11.3 Å². The van der Waals surface area contributed by atoms with Gasteiger partial charge in [-0.1, -0.05) is 11.8 Å². The third kappa shape index (κ3) is 5.05. The number of hydrogen-bond donors (Lipinski definition) is 1. The molecule has 1 aromatic carbocycles. The molecule has 1 heterocycles. The highest BCUT2D eigenvalue weighted by molar-refractivity contribution is 9.10. The SMILES string of the molecule is CCOC(=O)COc1cc(Br)c(-c2nc(SC)[nH]c(=O)c2C#N)cc1OCC. The van der Waals surface area contributed by atoms with Crippen molar-refractivity contribution in [2.45, 2.75) is 19.0 Å². The second-order valence-electron chi connectivity index (χ2n) is 5.22. The summed E-state index contributed by atoms with van der Waals surface area (Å²) in [6.45, 7) is 3.84. The number of ether oxygens (including phenoxy) is 3. The average Bonchev–Trinajstić information content (AvgIpc) is 2.67. The Balaban J connectivity index is 2.54. The van der Waals surface area contributed by atoms with Crippen molar-refractivity contribution in [3.8, 4) is 28.8 Å². The van der Waals surface area contributed by atoms with Crippen LogP contribution in [-0.2, 0) is 9.53 Å². The number of hydrogen-bond acceptors (Lipinski definition) is 8. The van der Waals surface area contributed by atoms with E-state index in [4.69, 9.17) is 14.2 Å². The van der Waals surface area contributed by atoms with E-state index in [-0.39, 0.29) is 24.5 Å². The molecule has 0 aliphatic carbocycles. The molecule has 0 saturated carbocycles. The molecule has 1 N–H and O–H groups in total. The number of thioether (sulfide) groups is 1. The zero-order valence-corrected chi connectivity index (χ0v) is 17.9. The summed E-state index contributed by atoms with van der Waals surface area (Å²) in [6, 6.07) is 5.10. The Hall–Kier alpha value is -2.51. The van der Waals surface area contributed by atoms with Crippen LogP contribution in [0.1, 0.15) is 19.4 Å². The maximum absolute atomic E-state index is 12.2. The molecule has 0 aliphatic rings. The van der Waals surface area contributed by atoms with Gasteiger partial charge in [0.2, 0.25) is 0 Å². The summed E-state index contributed by atoms with van der Waals surface area (Å²) in [5.41, 5.74) is 0.0794. The van der Waals surface area contributed by atoms with Gasteiger partial charge in [0.05, 0.1) is 18.9 Å². The van der Waals surface area contributed by atoms with Crippen LogP contribution < -0.4 is 15.0 Å². The lowest BCUT2D eigenvalue weighted by Gasteiger charge is -2.15. The van der Waals surface area contributed by atoms with Crippen molar-refractivity contribution in [2.75, 3.05) is 26.1 Å². The van der Waals surface area contributed by atoms with Crippen molar-refractivity contribution in [1.82, 2.24) is 9.97 Å². The van der Waals surface area contributed by atoms with E-state index in [9.17, 15) is 14.9 Å². The molecule has 28 heavy (non-hydrogen) atoms. The number of nitrogens with zero attached hydrogens (tertiary/aromatic N) is 2. The molecule has 8 nitrogen and oxygen atoms in total. The molecule has 0 aliphatic heterocycles. The molecule has 2 aromatic rings. The summed E-state index contributed by atoms with van der Waals surface area (Å²) in [4.78, 5) is 30.7. The van der Waals surface area contributed by atoms with Crippen LogP contribution in [0.25, 0.3) is 11.3 Å². The van der Waals surface area contributed by atoms with Gasteiger partial charge in [-0.3, -0.25) is 4.79 Å². The first-order valence-corrected chi connectivity index (χ1v) is 10.3. The van der Waals surface area contributed by atoms with Crippen molar-refractivity contribution in [1.29, 1.82) is 5.26 Å². The second kappa shape index (κ2) is 10.1. The summed E-state index contributed by atoms with van der Waals surface area (Å²) in [5.74, 6) is 0.165. The number of carbonyl (C=O) groups excluding carboxylic acids is 1. The minimum Gasteiger partial charge on any atom is -0.490 e. The Morgan fingerprint density at radius 3 is 2.61 bits per heavy atom. The van der Waals surface area contributed by atoms with Gasteiger partial charge in [0, 0.05) is 10.0 Å². The Bertz CT molecular complexity index is 971. The van der Waals surface area contributed by atoms with E-state index >= 15 is 0 Å². The van der Waals surface area contributed by atoms with Crippen molar-refractivity contribution in [2.24, 2.45) is 0 Å². The number of esters is 1.